The Morgan fingerprint density at radius 3 is 2.27 bits per heavy atom. The van der Waals surface area contributed by atoms with Crippen LogP contribution in [0.4, 0.5) is 0 Å². The third-order valence-electron chi connectivity index (χ3n) is 3.52. The van der Waals surface area contributed by atoms with Crippen molar-refractivity contribution in [3.05, 3.63) is 0 Å². The molecule has 0 spiro atoms. The molecule has 1 heterocycles. The molecule has 5 heteroatoms. The molecule has 0 atom stereocenters. The lowest BCUT2D eigenvalue weighted by molar-refractivity contribution is -0.139. The van der Waals surface area contributed by atoms with Gasteiger partial charge in [-0.25, -0.2) is 0 Å². The molecule has 0 unspecified atom stereocenters. The number of aliphatic carboxylic acids is 1. The second kappa shape index (κ2) is 4.22. The number of thiol groups is 1. The van der Waals surface area contributed by atoms with Crippen LogP contribution in [0.1, 0.15) is 26.7 Å². The molecule has 15 heavy (non-hydrogen) atoms. The van der Waals surface area contributed by atoms with Crippen molar-refractivity contribution in [2.24, 2.45) is 0 Å². The van der Waals surface area contributed by atoms with Crippen molar-refractivity contribution in [2.45, 2.75) is 36.7 Å². The van der Waals surface area contributed by atoms with Gasteiger partial charge in [-0.2, -0.15) is 0 Å². The second-order valence-corrected chi connectivity index (χ2v) is 8.53. The van der Waals surface area contributed by atoms with Crippen LogP contribution in [0.2, 0.25) is 0 Å². The van der Waals surface area contributed by atoms with E-state index in [1.165, 1.54) is 0 Å². The van der Waals surface area contributed by atoms with Crippen molar-refractivity contribution in [2.75, 3.05) is 19.5 Å². The van der Waals surface area contributed by atoms with Crippen LogP contribution < -0.4 is 0 Å². The van der Waals surface area contributed by atoms with Gasteiger partial charge in [0, 0.05) is 18.5 Å². The van der Waals surface area contributed by atoms with Crippen molar-refractivity contribution in [3.8, 4) is 0 Å². The molecule has 1 aliphatic rings. The third kappa shape index (κ3) is 2.23. The minimum atomic E-state index is -2.71. The average Bonchev–Trinajstić information content (AvgIpc) is 2.18. The van der Waals surface area contributed by atoms with Crippen molar-refractivity contribution in [3.63, 3.8) is 0 Å². The second-order valence-electron chi connectivity index (χ2n) is 4.70. The summed E-state index contributed by atoms with van der Waals surface area (Å²) in [7, 11) is -2.71. The van der Waals surface area contributed by atoms with Gasteiger partial charge in [0.1, 0.15) is 4.75 Å². The maximum absolute atomic E-state index is 12.6. The zero-order chi connectivity index (χ0) is 11.7. The van der Waals surface area contributed by atoms with Crippen LogP contribution in [0.15, 0.2) is 0 Å². The van der Waals surface area contributed by atoms with Gasteiger partial charge in [-0.15, -0.1) is 0 Å². The van der Waals surface area contributed by atoms with Crippen molar-refractivity contribution in [1.82, 2.24) is 0 Å². The van der Waals surface area contributed by atoms with E-state index in [0.717, 1.165) is 0 Å². The Balaban J connectivity index is 2.89. The third-order valence-corrected chi connectivity index (χ3v) is 7.84. The Morgan fingerprint density at radius 1 is 1.40 bits per heavy atom. The fourth-order valence-electron chi connectivity index (χ4n) is 1.82. The van der Waals surface area contributed by atoms with E-state index < -0.39 is 20.6 Å². The van der Waals surface area contributed by atoms with Crippen LogP contribution in [-0.4, -0.2) is 44.8 Å². The van der Waals surface area contributed by atoms with Crippen molar-refractivity contribution >= 4 is 15.9 Å². The number of hydrogen-bond donors (Lipinski definition) is 2. The van der Waals surface area contributed by atoms with E-state index in [1.54, 1.807) is 20.1 Å². The standard InChI is InChI=1S/C10H20O4S/c1-10(2,9(11)12)15(3,13)8-4-6-14-7-5-8/h8,15H,4-7H2,1-3H3,(H,11,12). The molecule has 90 valence electrons. The molecule has 0 saturated carbocycles. The lowest BCUT2D eigenvalue weighted by Crippen LogP contribution is -2.51. The molecule has 0 aliphatic carbocycles. The van der Waals surface area contributed by atoms with Gasteiger partial charge in [-0.05, 0) is 32.9 Å². The molecule has 1 rings (SSSR count). The molecule has 1 aliphatic heterocycles. The lowest BCUT2D eigenvalue weighted by atomic mass is 10.2. The smallest absolute Gasteiger partial charge is 0.319 e. The zero-order valence-corrected chi connectivity index (χ0v) is 10.4. The predicted molar refractivity (Wildman–Crippen MR) is 61.0 cm³/mol. The molecule has 0 aromatic carbocycles. The first-order valence-corrected chi connectivity index (χ1v) is 7.41. The van der Waals surface area contributed by atoms with Crippen LogP contribution in [-0.2, 0) is 19.5 Å². The highest BCUT2D eigenvalue weighted by Crippen LogP contribution is 2.32. The monoisotopic (exact) mass is 236 g/mol. The van der Waals surface area contributed by atoms with E-state index in [0.29, 0.717) is 26.1 Å². The summed E-state index contributed by atoms with van der Waals surface area (Å²) in [6.07, 6.45) is 3.05. The maximum atomic E-state index is 12.6. The molecule has 0 bridgehead atoms. The summed E-state index contributed by atoms with van der Waals surface area (Å²) in [6.45, 7) is 4.31. The van der Waals surface area contributed by atoms with Crippen molar-refractivity contribution < 1.29 is 18.8 Å². The molecule has 0 amide bonds. The predicted octanol–water partition coefficient (Wildman–Crippen LogP) is 0.675. The number of rotatable bonds is 3. The summed E-state index contributed by atoms with van der Waals surface area (Å²) >= 11 is 0. The van der Waals surface area contributed by atoms with Gasteiger partial charge in [0.15, 0.2) is 0 Å². The Hall–Kier alpha value is -0.420. The van der Waals surface area contributed by atoms with E-state index in [2.05, 4.69) is 0 Å². The first-order chi connectivity index (χ1) is 6.80. The Labute approximate surface area is 91.4 Å². The van der Waals surface area contributed by atoms with Gasteiger partial charge >= 0.3 is 5.97 Å². The first kappa shape index (κ1) is 12.6. The fraction of sp³-hybridized carbons (Fsp3) is 0.900. The molecule has 1 fully saturated rings. The number of carboxylic acid groups (broad SMARTS) is 1. The van der Waals surface area contributed by atoms with Crippen LogP contribution in [0.5, 0.6) is 0 Å². The van der Waals surface area contributed by atoms with E-state index >= 15 is 0 Å². The summed E-state index contributed by atoms with van der Waals surface area (Å²) in [4.78, 5) is 11.1. The Morgan fingerprint density at radius 2 is 1.87 bits per heavy atom. The normalized spacial score (nSPS) is 21.3. The van der Waals surface area contributed by atoms with Crippen LogP contribution in [0, 0.1) is 0 Å². The first-order valence-electron chi connectivity index (χ1n) is 5.18. The van der Waals surface area contributed by atoms with Crippen LogP contribution in [0.3, 0.4) is 0 Å². The highest BCUT2D eigenvalue weighted by atomic mass is 32.2. The van der Waals surface area contributed by atoms with Gasteiger partial charge in [0.05, 0.1) is 0 Å². The molecular formula is C10H20O4S. The van der Waals surface area contributed by atoms with Gasteiger partial charge < -0.3 is 9.84 Å². The quantitative estimate of drug-likeness (QED) is 0.707. The molecule has 4 nitrogen and oxygen atoms in total. The molecule has 0 aromatic heterocycles. The summed E-state index contributed by atoms with van der Waals surface area (Å²) < 4.78 is 16.7. The number of ether oxygens (including phenoxy) is 1. The SMILES string of the molecule is CC(C)(C(=O)O)[SH](C)(=O)C1CCOCC1. The largest absolute Gasteiger partial charge is 0.480 e. The van der Waals surface area contributed by atoms with Gasteiger partial charge in [0.25, 0.3) is 0 Å². The van der Waals surface area contributed by atoms with Gasteiger partial charge in [0.2, 0.25) is 0 Å². The molecule has 1 N–H and O–H groups in total. The Kier molecular flexibility index (Phi) is 3.55. The summed E-state index contributed by atoms with van der Waals surface area (Å²) in [5.41, 5.74) is 0. The highest BCUT2D eigenvalue weighted by molar-refractivity contribution is 8.04. The molecular weight excluding hydrogens is 216 g/mol. The minimum Gasteiger partial charge on any atom is -0.480 e. The summed E-state index contributed by atoms with van der Waals surface area (Å²) in [5.74, 6) is -0.972. The molecule has 0 aromatic rings. The summed E-state index contributed by atoms with van der Waals surface area (Å²) in [6, 6.07) is 0. The van der Waals surface area contributed by atoms with E-state index in [-0.39, 0.29) is 5.25 Å². The van der Waals surface area contributed by atoms with Crippen molar-refractivity contribution in [1.29, 1.82) is 0 Å². The minimum absolute atomic E-state index is 0.00245. The highest BCUT2D eigenvalue weighted by Gasteiger charge is 2.43. The van der Waals surface area contributed by atoms with Gasteiger partial charge in [-0.1, -0.05) is 9.93 Å². The number of carboxylic acids is 1. The van der Waals surface area contributed by atoms with Gasteiger partial charge in [-0.3, -0.25) is 9.00 Å². The fourth-order valence-corrected chi connectivity index (χ4v) is 4.31. The lowest BCUT2D eigenvalue weighted by Gasteiger charge is -2.40. The zero-order valence-electron chi connectivity index (χ0n) is 9.52. The van der Waals surface area contributed by atoms with Crippen LogP contribution in [0.25, 0.3) is 0 Å². The summed E-state index contributed by atoms with van der Waals surface area (Å²) in [5, 5.41) is 9.10. The average molecular weight is 236 g/mol. The Bertz CT molecular complexity index is 292. The van der Waals surface area contributed by atoms with E-state index in [9.17, 15) is 9.00 Å². The molecule has 0 radical (unpaired) electrons. The maximum Gasteiger partial charge on any atom is 0.319 e. The number of hydrogen-bond acceptors (Lipinski definition) is 3. The number of carbonyl (C=O) groups is 1. The topological polar surface area (TPSA) is 63.6 Å². The van der Waals surface area contributed by atoms with E-state index in [1.807, 2.05) is 0 Å². The van der Waals surface area contributed by atoms with E-state index in [4.69, 9.17) is 9.84 Å². The van der Waals surface area contributed by atoms with Crippen LogP contribution >= 0.6 is 0 Å². The molecule has 1 saturated heterocycles.